The van der Waals surface area contributed by atoms with Gasteiger partial charge in [0, 0.05) is 16.9 Å². The van der Waals surface area contributed by atoms with Crippen LogP contribution in [0.4, 0.5) is 5.69 Å². The number of hydrogen-bond acceptors (Lipinski definition) is 6. The van der Waals surface area contributed by atoms with Crippen molar-refractivity contribution in [3.8, 4) is 6.07 Å². The molecule has 0 aliphatic heterocycles. The van der Waals surface area contributed by atoms with Gasteiger partial charge in [-0.1, -0.05) is 17.7 Å². The number of esters is 1. The van der Waals surface area contributed by atoms with Crippen LogP contribution in [0.5, 0.6) is 0 Å². The normalized spacial score (nSPS) is 11.5. The van der Waals surface area contributed by atoms with E-state index in [2.05, 4.69) is 5.32 Å². The Kier molecular flexibility index (Phi) is 6.39. The third kappa shape index (κ3) is 4.63. The Morgan fingerprint density at radius 3 is 2.58 bits per heavy atom. The van der Waals surface area contributed by atoms with Crippen molar-refractivity contribution in [1.82, 2.24) is 0 Å². The smallest absolute Gasteiger partial charge is 0.338 e. The first-order chi connectivity index (χ1) is 12.4. The first kappa shape index (κ1) is 19.5. The van der Waals surface area contributed by atoms with Crippen LogP contribution in [0.25, 0.3) is 0 Å². The van der Waals surface area contributed by atoms with E-state index in [1.54, 1.807) is 31.2 Å². The third-order valence-electron chi connectivity index (χ3n) is 3.27. The van der Waals surface area contributed by atoms with E-state index < -0.39 is 20.7 Å². The number of allylic oxidation sites excluding steroid dienone is 1. The highest BCUT2D eigenvalue weighted by Crippen LogP contribution is 2.21. The van der Waals surface area contributed by atoms with Crippen LogP contribution < -0.4 is 5.32 Å². The molecular weight excluding hydrogens is 376 g/mol. The second-order valence-electron chi connectivity index (χ2n) is 5.02. The second kappa shape index (κ2) is 8.52. The molecular formula is C18H15ClN2O4S. The van der Waals surface area contributed by atoms with Gasteiger partial charge in [-0.15, -0.1) is 0 Å². The molecule has 0 spiro atoms. The molecule has 6 nitrogen and oxygen atoms in total. The summed E-state index contributed by atoms with van der Waals surface area (Å²) in [7, 11) is -3.99. The quantitative estimate of drug-likeness (QED) is 0.595. The fourth-order valence-corrected chi connectivity index (χ4v) is 3.22. The Labute approximate surface area is 156 Å². The summed E-state index contributed by atoms with van der Waals surface area (Å²) in [4.78, 5) is 11.2. The van der Waals surface area contributed by atoms with Gasteiger partial charge in [-0.05, 0) is 49.4 Å². The maximum Gasteiger partial charge on any atom is 0.338 e. The van der Waals surface area contributed by atoms with E-state index in [-0.39, 0.29) is 11.5 Å². The van der Waals surface area contributed by atoms with Crippen LogP contribution in [-0.4, -0.2) is 21.0 Å². The lowest BCUT2D eigenvalue weighted by Gasteiger charge is -2.07. The maximum absolute atomic E-state index is 12.5. The molecule has 0 saturated heterocycles. The van der Waals surface area contributed by atoms with Gasteiger partial charge in [0.25, 0.3) is 0 Å². The molecule has 0 aromatic heterocycles. The lowest BCUT2D eigenvalue weighted by atomic mass is 10.2. The molecule has 2 aromatic rings. The highest BCUT2D eigenvalue weighted by Gasteiger charge is 2.20. The van der Waals surface area contributed by atoms with Gasteiger partial charge in [0.1, 0.15) is 6.07 Å². The minimum Gasteiger partial charge on any atom is -0.462 e. The summed E-state index contributed by atoms with van der Waals surface area (Å²) in [5.74, 6) is -0.491. The van der Waals surface area contributed by atoms with Crippen molar-refractivity contribution in [3.63, 3.8) is 0 Å². The number of halogens is 1. The zero-order chi connectivity index (χ0) is 19.2. The fraction of sp³-hybridized carbons (Fsp3) is 0.111. The summed E-state index contributed by atoms with van der Waals surface area (Å²) < 4.78 is 29.9. The summed E-state index contributed by atoms with van der Waals surface area (Å²) in [6.07, 6.45) is 1.08. The average molecular weight is 391 g/mol. The van der Waals surface area contributed by atoms with Gasteiger partial charge in [0.15, 0.2) is 4.91 Å². The van der Waals surface area contributed by atoms with Gasteiger partial charge in [-0.2, -0.15) is 5.26 Å². The Morgan fingerprint density at radius 2 is 1.96 bits per heavy atom. The first-order valence-corrected chi connectivity index (χ1v) is 9.39. The molecule has 0 saturated carbocycles. The zero-order valence-electron chi connectivity index (χ0n) is 13.8. The number of ether oxygens (including phenoxy) is 1. The molecule has 0 atom stereocenters. The molecule has 134 valence electrons. The molecule has 0 aliphatic carbocycles. The van der Waals surface area contributed by atoms with Crippen molar-refractivity contribution in [2.45, 2.75) is 11.8 Å². The lowest BCUT2D eigenvalue weighted by Crippen LogP contribution is -2.07. The SMILES string of the molecule is CCOC(=O)c1cccc(N/C=C(/C#N)S(=O)(=O)c2ccc(Cl)cc2)c1. The van der Waals surface area contributed by atoms with E-state index in [1.807, 2.05) is 0 Å². The molecule has 0 aliphatic rings. The number of sulfone groups is 1. The predicted octanol–water partition coefficient (Wildman–Crippen LogP) is 3.77. The van der Waals surface area contributed by atoms with E-state index in [9.17, 15) is 18.5 Å². The number of benzene rings is 2. The van der Waals surface area contributed by atoms with Crippen molar-refractivity contribution in [2.24, 2.45) is 0 Å². The molecule has 26 heavy (non-hydrogen) atoms. The topological polar surface area (TPSA) is 96.3 Å². The number of hydrogen-bond donors (Lipinski definition) is 1. The summed E-state index contributed by atoms with van der Waals surface area (Å²) in [6, 6.07) is 13.5. The summed E-state index contributed by atoms with van der Waals surface area (Å²) in [6.45, 7) is 1.94. The summed E-state index contributed by atoms with van der Waals surface area (Å²) >= 11 is 5.75. The molecule has 0 heterocycles. The van der Waals surface area contributed by atoms with Gasteiger partial charge in [-0.25, -0.2) is 13.2 Å². The predicted molar refractivity (Wildman–Crippen MR) is 98.4 cm³/mol. The van der Waals surface area contributed by atoms with Gasteiger partial charge < -0.3 is 10.1 Å². The largest absolute Gasteiger partial charge is 0.462 e. The van der Waals surface area contributed by atoms with Crippen LogP contribution >= 0.6 is 11.6 Å². The standard InChI is InChI=1S/C18H15ClN2O4S/c1-2-25-18(22)13-4-3-5-15(10-13)21-12-17(11-20)26(23,24)16-8-6-14(19)7-9-16/h3-10,12,21H,2H2,1H3/b17-12-. The van der Waals surface area contributed by atoms with E-state index in [4.69, 9.17) is 16.3 Å². The molecule has 0 unspecified atom stereocenters. The van der Waals surface area contributed by atoms with Crippen LogP contribution in [0.2, 0.25) is 5.02 Å². The van der Waals surface area contributed by atoms with E-state index in [0.29, 0.717) is 16.3 Å². The average Bonchev–Trinajstić information content (AvgIpc) is 2.63. The van der Waals surface area contributed by atoms with Crippen LogP contribution in [0.15, 0.2) is 64.5 Å². The molecule has 8 heteroatoms. The third-order valence-corrected chi connectivity index (χ3v) is 5.20. The number of rotatable bonds is 6. The Balaban J connectivity index is 2.27. The zero-order valence-corrected chi connectivity index (χ0v) is 15.3. The lowest BCUT2D eigenvalue weighted by molar-refractivity contribution is 0.0526. The molecule has 2 rings (SSSR count). The molecule has 0 radical (unpaired) electrons. The molecule has 1 N–H and O–H groups in total. The van der Waals surface area contributed by atoms with Gasteiger partial charge >= 0.3 is 5.97 Å². The van der Waals surface area contributed by atoms with E-state index in [0.717, 1.165) is 6.20 Å². The molecule has 0 amide bonds. The van der Waals surface area contributed by atoms with Crippen LogP contribution in [-0.2, 0) is 14.6 Å². The Bertz CT molecular complexity index is 977. The van der Waals surface area contributed by atoms with Crippen molar-refractivity contribution < 1.29 is 17.9 Å². The number of nitrogens with zero attached hydrogens (tertiary/aromatic N) is 1. The second-order valence-corrected chi connectivity index (χ2v) is 7.38. The maximum atomic E-state index is 12.5. The number of carbonyl (C=O) groups is 1. The number of carbonyl (C=O) groups excluding carboxylic acids is 1. The van der Waals surface area contributed by atoms with Crippen molar-refractivity contribution in [3.05, 3.63) is 70.2 Å². The number of nitriles is 1. The van der Waals surface area contributed by atoms with Gasteiger partial charge in [0.05, 0.1) is 17.1 Å². The highest BCUT2D eigenvalue weighted by atomic mass is 35.5. The molecule has 0 fully saturated rings. The van der Waals surface area contributed by atoms with Gasteiger partial charge in [0.2, 0.25) is 9.84 Å². The number of anilines is 1. The van der Waals surface area contributed by atoms with Crippen molar-refractivity contribution in [1.29, 1.82) is 5.26 Å². The Hall–Kier alpha value is -2.82. The summed E-state index contributed by atoms with van der Waals surface area (Å²) in [5, 5.41) is 12.3. The first-order valence-electron chi connectivity index (χ1n) is 7.53. The Morgan fingerprint density at radius 1 is 1.27 bits per heavy atom. The van der Waals surface area contributed by atoms with Crippen molar-refractivity contribution >= 4 is 33.1 Å². The van der Waals surface area contributed by atoms with Crippen LogP contribution in [0.1, 0.15) is 17.3 Å². The minimum atomic E-state index is -3.99. The summed E-state index contributed by atoms with van der Waals surface area (Å²) in [5.41, 5.74) is 0.749. The van der Waals surface area contributed by atoms with Crippen LogP contribution in [0, 0.1) is 11.3 Å². The fourth-order valence-electron chi connectivity index (χ4n) is 2.01. The van der Waals surface area contributed by atoms with Crippen LogP contribution in [0.3, 0.4) is 0 Å². The highest BCUT2D eigenvalue weighted by molar-refractivity contribution is 7.95. The number of nitrogens with one attached hydrogen (secondary N) is 1. The van der Waals surface area contributed by atoms with Crippen molar-refractivity contribution in [2.75, 3.05) is 11.9 Å². The minimum absolute atomic E-state index is 0.0447. The molecule has 0 bridgehead atoms. The monoisotopic (exact) mass is 390 g/mol. The van der Waals surface area contributed by atoms with Gasteiger partial charge in [-0.3, -0.25) is 0 Å². The van der Waals surface area contributed by atoms with E-state index >= 15 is 0 Å². The molecule has 2 aromatic carbocycles. The van der Waals surface area contributed by atoms with E-state index in [1.165, 1.54) is 30.3 Å².